The number of alkyl halides is 1. The molecule has 0 amide bonds. The molecule has 78 valence electrons. The van der Waals surface area contributed by atoms with E-state index in [0.29, 0.717) is 11.8 Å². The fourth-order valence-corrected chi connectivity index (χ4v) is 1.63. The molecular weight excluding hydrogens is 210 g/mol. The summed E-state index contributed by atoms with van der Waals surface area (Å²) < 4.78 is 0. The molecule has 0 aliphatic heterocycles. The lowest BCUT2D eigenvalue weighted by Crippen LogP contribution is -2.21. The van der Waals surface area contributed by atoms with Gasteiger partial charge < -0.3 is 4.90 Å². The number of halogens is 1. The van der Waals surface area contributed by atoms with Gasteiger partial charge in [0.15, 0.2) is 0 Å². The van der Waals surface area contributed by atoms with Gasteiger partial charge in [-0.3, -0.25) is 0 Å². The maximum atomic E-state index is 5.67. The topological polar surface area (TPSA) is 29.0 Å². The summed E-state index contributed by atoms with van der Waals surface area (Å²) in [7, 11) is 1.94. The van der Waals surface area contributed by atoms with Crippen molar-refractivity contribution < 1.29 is 0 Å². The van der Waals surface area contributed by atoms with Crippen molar-refractivity contribution in [2.24, 2.45) is 0 Å². The molecule has 2 rings (SSSR count). The minimum absolute atomic E-state index is 0.576. The molecule has 1 heterocycles. The maximum Gasteiger partial charge on any atom is 0.225 e. The van der Waals surface area contributed by atoms with Gasteiger partial charge in [-0.15, -0.1) is 11.6 Å². The molecule has 0 saturated heterocycles. The highest BCUT2D eigenvalue weighted by Crippen LogP contribution is 2.13. The van der Waals surface area contributed by atoms with Crippen LogP contribution in [-0.2, 0) is 0 Å². The quantitative estimate of drug-likeness (QED) is 0.745. The molecule has 15 heavy (non-hydrogen) atoms. The first-order chi connectivity index (χ1) is 7.31. The minimum atomic E-state index is 0.576. The predicted molar refractivity (Wildman–Crippen MR) is 63.5 cm³/mol. The maximum absolute atomic E-state index is 5.67. The van der Waals surface area contributed by atoms with Crippen LogP contribution in [0.25, 0.3) is 10.9 Å². The van der Waals surface area contributed by atoms with Crippen molar-refractivity contribution >= 4 is 28.5 Å². The predicted octanol–water partition coefficient (Wildman–Crippen LogP) is 2.30. The van der Waals surface area contributed by atoms with Crippen LogP contribution in [0.5, 0.6) is 0 Å². The Morgan fingerprint density at radius 2 is 2.13 bits per heavy atom. The number of nitrogens with zero attached hydrogens (tertiary/aromatic N) is 3. The molecule has 3 nitrogen and oxygen atoms in total. The fourth-order valence-electron chi connectivity index (χ4n) is 1.37. The van der Waals surface area contributed by atoms with E-state index in [1.54, 1.807) is 0 Å². The van der Waals surface area contributed by atoms with Crippen molar-refractivity contribution in [3.8, 4) is 0 Å². The zero-order valence-corrected chi connectivity index (χ0v) is 9.28. The first kappa shape index (κ1) is 10.2. The first-order valence-electron chi connectivity index (χ1n) is 4.80. The van der Waals surface area contributed by atoms with E-state index in [0.717, 1.165) is 17.4 Å². The Bertz CT molecular complexity index is 458. The normalized spacial score (nSPS) is 10.5. The first-order valence-corrected chi connectivity index (χ1v) is 5.33. The molecule has 1 aromatic heterocycles. The van der Waals surface area contributed by atoms with Crippen LogP contribution in [0.15, 0.2) is 30.5 Å². The Balaban J connectivity index is 2.38. The minimum Gasteiger partial charge on any atom is -0.343 e. The lowest BCUT2D eigenvalue weighted by molar-refractivity contribution is 0.914. The number of aromatic nitrogens is 2. The van der Waals surface area contributed by atoms with Crippen molar-refractivity contribution in [3.05, 3.63) is 30.5 Å². The van der Waals surface area contributed by atoms with Gasteiger partial charge in [-0.2, -0.15) is 0 Å². The molecule has 0 spiro atoms. The van der Waals surface area contributed by atoms with Crippen LogP contribution in [-0.4, -0.2) is 29.4 Å². The van der Waals surface area contributed by atoms with Crippen molar-refractivity contribution in [2.75, 3.05) is 24.4 Å². The summed E-state index contributed by atoms with van der Waals surface area (Å²) in [6, 6.07) is 7.93. The van der Waals surface area contributed by atoms with E-state index in [1.807, 2.05) is 42.4 Å². The number of benzene rings is 1. The number of anilines is 1. The van der Waals surface area contributed by atoms with Gasteiger partial charge in [-0.1, -0.05) is 18.2 Å². The Morgan fingerprint density at radius 1 is 1.33 bits per heavy atom. The number of hydrogen-bond acceptors (Lipinski definition) is 3. The summed E-state index contributed by atoms with van der Waals surface area (Å²) in [4.78, 5) is 10.7. The van der Waals surface area contributed by atoms with Crippen LogP contribution in [0.2, 0.25) is 0 Å². The second kappa shape index (κ2) is 4.45. The number of hydrogen-bond donors (Lipinski definition) is 0. The summed E-state index contributed by atoms with van der Waals surface area (Å²) in [6.45, 7) is 0.750. The third-order valence-electron chi connectivity index (χ3n) is 2.24. The van der Waals surface area contributed by atoms with Gasteiger partial charge in [0, 0.05) is 31.1 Å². The van der Waals surface area contributed by atoms with Crippen LogP contribution in [0.3, 0.4) is 0 Å². The smallest absolute Gasteiger partial charge is 0.225 e. The molecule has 0 aliphatic carbocycles. The summed E-state index contributed by atoms with van der Waals surface area (Å²) in [5, 5.41) is 1.06. The Hall–Kier alpha value is -1.35. The SMILES string of the molecule is CN(CCCl)c1ncc2ccccc2n1. The van der Waals surface area contributed by atoms with Gasteiger partial charge >= 0.3 is 0 Å². The molecule has 0 aliphatic rings. The van der Waals surface area contributed by atoms with E-state index in [4.69, 9.17) is 11.6 Å². The lowest BCUT2D eigenvalue weighted by atomic mass is 10.2. The van der Waals surface area contributed by atoms with Crippen molar-refractivity contribution in [1.82, 2.24) is 9.97 Å². The highest BCUT2D eigenvalue weighted by atomic mass is 35.5. The molecule has 0 N–H and O–H groups in total. The van der Waals surface area contributed by atoms with Crippen molar-refractivity contribution in [2.45, 2.75) is 0 Å². The van der Waals surface area contributed by atoms with E-state index in [2.05, 4.69) is 9.97 Å². The summed E-state index contributed by atoms with van der Waals surface area (Å²) in [6.07, 6.45) is 1.84. The van der Waals surface area contributed by atoms with Gasteiger partial charge in [0.1, 0.15) is 0 Å². The average Bonchev–Trinajstić information content (AvgIpc) is 2.29. The number of para-hydroxylation sites is 1. The van der Waals surface area contributed by atoms with E-state index >= 15 is 0 Å². The summed E-state index contributed by atoms with van der Waals surface area (Å²) in [5.41, 5.74) is 0.962. The monoisotopic (exact) mass is 221 g/mol. The molecule has 0 bridgehead atoms. The average molecular weight is 222 g/mol. The Kier molecular flexibility index (Phi) is 3.02. The second-order valence-corrected chi connectivity index (χ2v) is 3.72. The third kappa shape index (κ3) is 2.18. The lowest BCUT2D eigenvalue weighted by Gasteiger charge is -2.15. The molecule has 0 radical (unpaired) electrons. The zero-order valence-electron chi connectivity index (χ0n) is 8.52. The largest absolute Gasteiger partial charge is 0.343 e. The molecule has 0 fully saturated rings. The summed E-state index contributed by atoms with van der Waals surface area (Å²) >= 11 is 5.67. The highest BCUT2D eigenvalue weighted by molar-refractivity contribution is 6.18. The molecule has 0 atom stereocenters. The van der Waals surface area contributed by atoms with Gasteiger partial charge in [0.05, 0.1) is 5.52 Å². The molecular formula is C11H12ClN3. The van der Waals surface area contributed by atoms with Crippen LogP contribution in [0.1, 0.15) is 0 Å². The molecule has 2 aromatic rings. The summed E-state index contributed by atoms with van der Waals surface area (Å²) in [5.74, 6) is 1.29. The number of rotatable bonds is 3. The van der Waals surface area contributed by atoms with Crippen molar-refractivity contribution in [1.29, 1.82) is 0 Å². The molecule has 1 aromatic carbocycles. The van der Waals surface area contributed by atoms with E-state index < -0.39 is 0 Å². The van der Waals surface area contributed by atoms with Gasteiger partial charge in [0.25, 0.3) is 0 Å². The highest BCUT2D eigenvalue weighted by Gasteiger charge is 2.03. The van der Waals surface area contributed by atoms with E-state index in [9.17, 15) is 0 Å². The molecule has 0 unspecified atom stereocenters. The fraction of sp³-hybridized carbons (Fsp3) is 0.273. The zero-order chi connectivity index (χ0) is 10.7. The molecule has 4 heteroatoms. The van der Waals surface area contributed by atoms with Crippen molar-refractivity contribution in [3.63, 3.8) is 0 Å². The van der Waals surface area contributed by atoms with Crippen LogP contribution < -0.4 is 4.90 Å². The van der Waals surface area contributed by atoms with E-state index in [1.165, 1.54) is 0 Å². The van der Waals surface area contributed by atoms with E-state index in [-0.39, 0.29) is 0 Å². The van der Waals surface area contributed by atoms with Crippen LogP contribution >= 0.6 is 11.6 Å². The third-order valence-corrected chi connectivity index (χ3v) is 2.41. The number of fused-ring (bicyclic) bond motifs is 1. The van der Waals surface area contributed by atoms with Gasteiger partial charge in [0.2, 0.25) is 5.95 Å². The Labute approximate surface area is 93.7 Å². The standard InChI is InChI=1S/C11H12ClN3/c1-15(7-6-12)11-13-8-9-4-2-3-5-10(9)14-11/h2-5,8H,6-7H2,1H3. The van der Waals surface area contributed by atoms with Crippen LogP contribution in [0.4, 0.5) is 5.95 Å². The molecule has 0 saturated carbocycles. The van der Waals surface area contributed by atoms with Gasteiger partial charge in [-0.05, 0) is 6.07 Å². The second-order valence-electron chi connectivity index (χ2n) is 3.34. The van der Waals surface area contributed by atoms with Gasteiger partial charge in [-0.25, -0.2) is 9.97 Å². The Morgan fingerprint density at radius 3 is 2.93 bits per heavy atom. The van der Waals surface area contributed by atoms with Crippen LogP contribution in [0, 0.1) is 0 Å².